The molecule has 5 nitrogen and oxygen atoms in total. The van der Waals surface area contributed by atoms with Crippen LogP contribution < -0.4 is 11.1 Å². The summed E-state index contributed by atoms with van der Waals surface area (Å²) in [6.45, 7) is 2.32. The molecule has 4 N–H and O–H groups in total. The molecule has 1 amide bonds. The fourth-order valence-corrected chi connectivity index (χ4v) is 1.88. The minimum atomic E-state index is -0.143. The summed E-state index contributed by atoms with van der Waals surface area (Å²) in [5, 5.41) is 9.70. The summed E-state index contributed by atoms with van der Waals surface area (Å²) < 4.78 is 0. The van der Waals surface area contributed by atoms with E-state index in [-0.39, 0.29) is 11.8 Å². The van der Waals surface area contributed by atoms with Gasteiger partial charge in [-0.25, -0.2) is 0 Å². The molecule has 1 aromatic heterocycles. The first-order valence-electron chi connectivity index (χ1n) is 6.35. The highest BCUT2D eigenvalue weighted by Gasteiger charge is 2.14. The number of carbonyl (C=O) groups excluding carboxylic acids is 1. The number of rotatable bonds is 5. The molecule has 2 rings (SSSR count). The lowest BCUT2D eigenvalue weighted by atomic mass is 10.1. The molecule has 0 saturated carbocycles. The molecule has 1 atom stereocenters. The summed E-state index contributed by atoms with van der Waals surface area (Å²) in [5.41, 5.74) is 8.24. The third-order valence-corrected chi connectivity index (χ3v) is 3.09. The molecule has 100 valence electrons. The molecule has 1 heterocycles. The van der Waals surface area contributed by atoms with Crippen LogP contribution in [-0.2, 0) is 4.79 Å². The van der Waals surface area contributed by atoms with Crippen molar-refractivity contribution in [3.05, 3.63) is 36.5 Å². The van der Waals surface area contributed by atoms with Crippen LogP contribution in [0.25, 0.3) is 11.3 Å². The van der Waals surface area contributed by atoms with Crippen LogP contribution in [0.2, 0.25) is 0 Å². The van der Waals surface area contributed by atoms with Crippen molar-refractivity contribution in [3.8, 4) is 11.3 Å². The van der Waals surface area contributed by atoms with Gasteiger partial charge in [0.1, 0.15) is 0 Å². The zero-order valence-corrected chi connectivity index (χ0v) is 10.9. The van der Waals surface area contributed by atoms with Crippen molar-refractivity contribution in [2.24, 2.45) is 11.7 Å². The Morgan fingerprint density at radius 2 is 2.32 bits per heavy atom. The third-order valence-electron chi connectivity index (χ3n) is 3.09. The molecule has 1 unspecified atom stereocenters. The van der Waals surface area contributed by atoms with Gasteiger partial charge in [-0.2, -0.15) is 5.10 Å². The van der Waals surface area contributed by atoms with Crippen LogP contribution in [0.1, 0.15) is 13.3 Å². The maximum atomic E-state index is 12.0. The Morgan fingerprint density at radius 1 is 1.47 bits per heavy atom. The number of aromatic amines is 1. The quantitative estimate of drug-likeness (QED) is 0.767. The number of anilines is 1. The molecule has 0 aliphatic heterocycles. The van der Waals surface area contributed by atoms with Crippen LogP contribution in [0.5, 0.6) is 0 Å². The van der Waals surface area contributed by atoms with Crippen LogP contribution in [0, 0.1) is 5.92 Å². The van der Waals surface area contributed by atoms with Crippen molar-refractivity contribution in [2.45, 2.75) is 13.3 Å². The SMILES string of the molecule is CCC(CN)C(=O)Nc1cccc(-c2ccn[nH]2)c1. The molecule has 0 radical (unpaired) electrons. The van der Waals surface area contributed by atoms with Gasteiger partial charge in [0.15, 0.2) is 0 Å². The van der Waals surface area contributed by atoms with Crippen molar-refractivity contribution < 1.29 is 4.79 Å². The van der Waals surface area contributed by atoms with Crippen LogP contribution in [0.4, 0.5) is 5.69 Å². The van der Waals surface area contributed by atoms with Gasteiger partial charge in [-0.1, -0.05) is 19.1 Å². The van der Waals surface area contributed by atoms with Crippen molar-refractivity contribution in [1.82, 2.24) is 10.2 Å². The number of aromatic nitrogens is 2. The Morgan fingerprint density at radius 3 is 2.95 bits per heavy atom. The molecule has 19 heavy (non-hydrogen) atoms. The van der Waals surface area contributed by atoms with E-state index in [2.05, 4.69) is 15.5 Å². The van der Waals surface area contributed by atoms with Crippen molar-refractivity contribution in [3.63, 3.8) is 0 Å². The van der Waals surface area contributed by atoms with Gasteiger partial charge in [0, 0.05) is 24.0 Å². The van der Waals surface area contributed by atoms with Crippen molar-refractivity contribution >= 4 is 11.6 Å². The van der Waals surface area contributed by atoms with Crippen LogP contribution in [0.3, 0.4) is 0 Å². The molecular formula is C14H18N4O. The summed E-state index contributed by atoms with van der Waals surface area (Å²) in [6.07, 6.45) is 2.44. The van der Waals surface area contributed by atoms with Crippen LogP contribution in [0.15, 0.2) is 36.5 Å². The lowest BCUT2D eigenvalue weighted by molar-refractivity contribution is -0.119. The van der Waals surface area contributed by atoms with E-state index < -0.39 is 0 Å². The molecule has 0 spiro atoms. The van der Waals surface area contributed by atoms with Gasteiger partial charge in [0.05, 0.1) is 11.6 Å². The van der Waals surface area contributed by atoms with E-state index in [1.54, 1.807) is 6.20 Å². The Balaban J connectivity index is 2.14. The number of hydrogen-bond donors (Lipinski definition) is 3. The topological polar surface area (TPSA) is 83.8 Å². The predicted octanol–water partition coefficient (Wildman–Crippen LogP) is 2.00. The average molecular weight is 258 g/mol. The predicted molar refractivity (Wildman–Crippen MR) is 75.5 cm³/mol. The van der Waals surface area contributed by atoms with E-state index in [1.165, 1.54) is 0 Å². The zero-order valence-electron chi connectivity index (χ0n) is 10.9. The van der Waals surface area contributed by atoms with Gasteiger partial charge in [-0.3, -0.25) is 9.89 Å². The lowest BCUT2D eigenvalue weighted by Gasteiger charge is -2.13. The van der Waals surface area contributed by atoms with Crippen molar-refractivity contribution in [2.75, 3.05) is 11.9 Å². The maximum Gasteiger partial charge on any atom is 0.228 e. The first kappa shape index (κ1) is 13.3. The molecule has 0 aliphatic carbocycles. The maximum absolute atomic E-state index is 12.0. The second kappa shape index (κ2) is 6.15. The van der Waals surface area contributed by atoms with Gasteiger partial charge >= 0.3 is 0 Å². The second-order valence-corrected chi connectivity index (χ2v) is 4.38. The van der Waals surface area contributed by atoms with Crippen LogP contribution >= 0.6 is 0 Å². The second-order valence-electron chi connectivity index (χ2n) is 4.38. The Kier molecular flexibility index (Phi) is 4.30. The van der Waals surface area contributed by atoms with E-state index in [0.29, 0.717) is 6.54 Å². The summed E-state index contributed by atoms with van der Waals surface area (Å²) >= 11 is 0. The first-order valence-corrected chi connectivity index (χ1v) is 6.35. The van der Waals surface area contributed by atoms with E-state index in [4.69, 9.17) is 5.73 Å². The molecule has 1 aromatic carbocycles. The molecule has 5 heteroatoms. The fourth-order valence-electron chi connectivity index (χ4n) is 1.88. The Hall–Kier alpha value is -2.14. The molecule has 2 aromatic rings. The van der Waals surface area contributed by atoms with Gasteiger partial charge in [0.25, 0.3) is 0 Å². The Bertz CT molecular complexity index is 532. The summed E-state index contributed by atoms with van der Waals surface area (Å²) in [6, 6.07) is 9.52. The first-order chi connectivity index (χ1) is 9.24. The number of carbonyl (C=O) groups is 1. The number of amides is 1. The highest BCUT2D eigenvalue weighted by atomic mass is 16.1. The number of benzene rings is 1. The average Bonchev–Trinajstić information content (AvgIpc) is 2.94. The molecule has 0 fully saturated rings. The number of H-pyrrole nitrogens is 1. The Labute approximate surface area is 112 Å². The molecule has 0 bridgehead atoms. The van der Waals surface area contributed by atoms with E-state index in [0.717, 1.165) is 23.4 Å². The number of hydrogen-bond acceptors (Lipinski definition) is 3. The van der Waals surface area contributed by atoms with Gasteiger partial charge in [-0.15, -0.1) is 0 Å². The third kappa shape index (κ3) is 3.20. The van der Waals surface area contributed by atoms with E-state index in [9.17, 15) is 4.79 Å². The molecular weight excluding hydrogens is 240 g/mol. The van der Waals surface area contributed by atoms with E-state index >= 15 is 0 Å². The highest BCUT2D eigenvalue weighted by Crippen LogP contribution is 2.20. The smallest absolute Gasteiger partial charge is 0.228 e. The normalized spacial score (nSPS) is 12.1. The standard InChI is InChI=1S/C14H18N4O/c1-2-10(9-15)14(19)17-12-5-3-4-11(8-12)13-6-7-16-18-13/h3-8,10H,2,9,15H2,1H3,(H,16,18)(H,17,19). The number of nitrogens with zero attached hydrogens (tertiary/aromatic N) is 1. The van der Waals surface area contributed by atoms with Crippen molar-refractivity contribution in [1.29, 1.82) is 0 Å². The molecule has 0 saturated heterocycles. The lowest BCUT2D eigenvalue weighted by Crippen LogP contribution is -2.28. The number of nitrogens with two attached hydrogens (primary N) is 1. The van der Waals surface area contributed by atoms with Gasteiger partial charge in [0.2, 0.25) is 5.91 Å². The fraction of sp³-hybridized carbons (Fsp3) is 0.286. The number of nitrogens with one attached hydrogen (secondary N) is 2. The highest BCUT2D eigenvalue weighted by molar-refractivity contribution is 5.93. The molecule has 0 aliphatic rings. The minimum Gasteiger partial charge on any atom is -0.330 e. The largest absolute Gasteiger partial charge is 0.330 e. The minimum absolute atomic E-state index is 0.0354. The van der Waals surface area contributed by atoms with Gasteiger partial charge < -0.3 is 11.1 Å². The summed E-state index contributed by atoms with van der Waals surface area (Å²) in [5.74, 6) is -0.178. The zero-order chi connectivity index (χ0) is 13.7. The van der Waals surface area contributed by atoms with Crippen LogP contribution in [-0.4, -0.2) is 22.6 Å². The summed E-state index contributed by atoms with van der Waals surface area (Å²) in [4.78, 5) is 12.0. The summed E-state index contributed by atoms with van der Waals surface area (Å²) in [7, 11) is 0. The van der Waals surface area contributed by atoms with Gasteiger partial charge in [-0.05, 0) is 24.6 Å². The monoisotopic (exact) mass is 258 g/mol. The van der Waals surface area contributed by atoms with E-state index in [1.807, 2.05) is 37.3 Å².